The maximum atomic E-state index is 5.97. The van der Waals surface area contributed by atoms with Crippen molar-refractivity contribution in [2.45, 2.75) is 0 Å². The van der Waals surface area contributed by atoms with E-state index in [1.165, 1.54) is 0 Å². The third-order valence-corrected chi connectivity index (χ3v) is 2.55. The SMILES string of the molecule is Clc1ccc2[c]cccc2c1Cl. The third kappa shape index (κ3) is 1.17. The summed E-state index contributed by atoms with van der Waals surface area (Å²) in [5, 5.41) is 3.13. The topological polar surface area (TPSA) is 0 Å². The lowest BCUT2D eigenvalue weighted by Crippen LogP contribution is -1.74. The lowest BCUT2D eigenvalue weighted by atomic mass is 10.1. The van der Waals surface area contributed by atoms with Crippen molar-refractivity contribution in [2.24, 2.45) is 0 Å². The molecule has 0 aliphatic carbocycles. The van der Waals surface area contributed by atoms with Gasteiger partial charge in [-0.2, -0.15) is 0 Å². The van der Waals surface area contributed by atoms with Gasteiger partial charge in [-0.3, -0.25) is 0 Å². The van der Waals surface area contributed by atoms with Crippen molar-refractivity contribution in [3.63, 3.8) is 0 Å². The molecule has 0 spiro atoms. The smallest absolute Gasteiger partial charge is 0.0670 e. The van der Waals surface area contributed by atoms with Crippen LogP contribution in [0, 0.1) is 6.07 Å². The van der Waals surface area contributed by atoms with Gasteiger partial charge in [0.2, 0.25) is 0 Å². The lowest BCUT2D eigenvalue weighted by molar-refractivity contribution is 1.73. The van der Waals surface area contributed by atoms with Crippen LogP contribution >= 0.6 is 23.2 Å². The zero-order chi connectivity index (χ0) is 8.55. The molecule has 0 aliphatic rings. The second-order valence-corrected chi connectivity index (χ2v) is 3.28. The van der Waals surface area contributed by atoms with Crippen molar-refractivity contribution in [1.82, 2.24) is 0 Å². The van der Waals surface area contributed by atoms with Crippen LogP contribution < -0.4 is 0 Å². The Morgan fingerprint density at radius 3 is 2.75 bits per heavy atom. The fourth-order valence-electron chi connectivity index (χ4n) is 1.14. The van der Waals surface area contributed by atoms with Gasteiger partial charge in [-0.15, -0.1) is 0 Å². The van der Waals surface area contributed by atoms with Gasteiger partial charge in [0.25, 0.3) is 0 Å². The Balaban J connectivity index is 2.91. The Hall–Kier alpha value is -0.720. The Morgan fingerprint density at radius 2 is 1.92 bits per heavy atom. The monoisotopic (exact) mass is 195 g/mol. The molecule has 0 fully saturated rings. The lowest BCUT2D eigenvalue weighted by Gasteiger charge is -2.00. The molecule has 2 aromatic rings. The van der Waals surface area contributed by atoms with Gasteiger partial charge < -0.3 is 0 Å². The van der Waals surface area contributed by atoms with Crippen molar-refractivity contribution in [1.29, 1.82) is 0 Å². The summed E-state index contributed by atoms with van der Waals surface area (Å²) in [5.41, 5.74) is 0. The van der Waals surface area contributed by atoms with E-state index in [9.17, 15) is 0 Å². The van der Waals surface area contributed by atoms with Gasteiger partial charge in [0.15, 0.2) is 0 Å². The predicted molar refractivity (Wildman–Crippen MR) is 52.8 cm³/mol. The molecule has 0 unspecified atom stereocenters. The molecule has 2 aromatic carbocycles. The highest BCUT2D eigenvalue weighted by Crippen LogP contribution is 2.29. The number of benzene rings is 2. The largest absolute Gasteiger partial charge is 0.0827 e. The molecular weight excluding hydrogens is 191 g/mol. The average Bonchev–Trinajstić information content (AvgIpc) is 2.12. The molecule has 1 radical (unpaired) electrons. The average molecular weight is 196 g/mol. The van der Waals surface area contributed by atoms with Crippen molar-refractivity contribution < 1.29 is 0 Å². The minimum absolute atomic E-state index is 0.587. The van der Waals surface area contributed by atoms with Gasteiger partial charge in [-0.05, 0) is 17.5 Å². The van der Waals surface area contributed by atoms with Crippen LogP contribution in [0.2, 0.25) is 10.0 Å². The van der Waals surface area contributed by atoms with Crippen molar-refractivity contribution in [3.8, 4) is 0 Å². The molecule has 0 saturated carbocycles. The maximum absolute atomic E-state index is 5.97. The zero-order valence-corrected chi connectivity index (χ0v) is 7.65. The number of hydrogen-bond acceptors (Lipinski definition) is 0. The van der Waals surface area contributed by atoms with Gasteiger partial charge in [0.05, 0.1) is 10.0 Å². The summed E-state index contributed by atoms with van der Waals surface area (Å²) in [6.07, 6.45) is 0. The van der Waals surface area contributed by atoms with Gasteiger partial charge in [-0.1, -0.05) is 47.5 Å². The molecule has 0 nitrogen and oxygen atoms in total. The van der Waals surface area contributed by atoms with E-state index in [0.717, 1.165) is 10.8 Å². The first-order valence-corrected chi connectivity index (χ1v) is 4.29. The normalized spacial score (nSPS) is 10.5. The number of halogens is 2. The third-order valence-electron chi connectivity index (χ3n) is 1.73. The summed E-state index contributed by atoms with van der Waals surface area (Å²) in [5.74, 6) is 0. The summed E-state index contributed by atoms with van der Waals surface area (Å²) in [7, 11) is 0. The van der Waals surface area contributed by atoms with E-state index in [-0.39, 0.29) is 0 Å². The van der Waals surface area contributed by atoms with Crippen LogP contribution in [0.5, 0.6) is 0 Å². The highest BCUT2D eigenvalue weighted by molar-refractivity contribution is 6.45. The minimum atomic E-state index is 0.587. The molecule has 2 rings (SSSR count). The first-order valence-electron chi connectivity index (χ1n) is 3.53. The molecule has 0 atom stereocenters. The molecule has 12 heavy (non-hydrogen) atoms. The van der Waals surface area contributed by atoms with Crippen molar-refractivity contribution >= 4 is 34.0 Å². The summed E-state index contributed by atoms with van der Waals surface area (Å²) in [6.45, 7) is 0. The Kier molecular flexibility index (Phi) is 1.95. The van der Waals surface area contributed by atoms with Gasteiger partial charge in [0, 0.05) is 5.39 Å². The minimum Gasteiger partial charge on any atom is -0.0827 e. The van der Waals surface area contributed by atoms with E-state index in [2.05, 4.69) is 6.07 Å². The molecule has 0 amide bonds. The molecule has 0 aliphatic heterocycles. The maximum Gasteiger partial charge on any atom is 0.0670 e. The summed E-state index contributed by atoms with van der Waals surface area (Å²) in [4.78, 5) is 0. The van der Waals surface area contributed by atoms with Crippen LogP contribution in [0.25, 0.3) is 10.8 Å². The van der Waals surface area contributed by atoms with E-state index in [1.807, 2.05) is 24.3 Å². The van der Waals surface area contributed by atoms with Crippen molar-refractivity contribution in [3.05, 3.63) is 46.4 Å². The van der Waals surface area contributed by atoms with Crippen LogP contribution in [0.15, 0.2) is 30.3 Å². The van der Waals surface area contributed by atoms with E-state index < -0.39 is 0 Å². The first-order chi connectivity index (χ1) is 5.79. The Labute approximate surface area is 80.7 Å². The van der Waals surface area contributed by atoms with Crippen molar-refractivity contribution in [2.75, 3.05) is 0 Å². The van der Waals surface area contributed by atoms with Crippen LogP contribution in [-0.2, 0) is 0 Å². The number of rotatable bonds is 0. The summed E-state index contributed by atoms with van der Waals surface area (Å²) < 4.78 is 0. The summed E-state index contributed by atoms with van der Waals surface area (Å²) >= 11 is 11.8. The van der Waals surface area contributed by atoms with E-state index in [4.69, 9.17) is 23.2 Å². The number of hydrogen-bond donors (Lipinski definition) is 0. The Morgan fingerprint density at radius 1 is 1.08 bits per heavy atom. The van der Waals surface area contributed by atoms with Crippen LogP contribution in [0.4, 0.5) is 0 Å². The fourth-order valence-corrected chi connectivity index (χ4v) is 1.53. The van der Waals surface area contributed by atoms with Gasteiger partial charge in [0.1, 0.15) is 0 Å². The summed E-state index contributed by atoms with van der Waals surface area (Å²) in [6, 6.07) is 12.4. The number of fused-ring (bicyclic) bond motifs is 1. The van der Waals surface area contributed by atoms with E-state index >= 15 is 0 Å². The molecule has 0 saturated heterocycles. The molecule has 59 valence electrons. The molecular formula is C10H5Cl2. The standard InChI is InChI=1S/C10H5Cl2/c11-9-6-5-7-3-1-2-4-8(7)10(9)12/h1-2,4-6H. The zero-order valence-electron chi connectivity index (χ0n) is 6.14. The Bertz CT molecular complexity index is 421. The molecule has 0 bridgehead atoms. The van der Waals surface area contributed by atoms with Crippen LogP contribution in [0.1, 0.15) is 0 Å². The van der Waals surface area contributed by atoms with E-state index in [0.29, 0.717) is 10.0 Å². The fraction of sp³-hybridized carbons (Fsp3) is 0. The van der Waals surface area contributed by atoms with Gasteiger partial charge >= 0.3 is 0 Å². The second kappa shape index (κ2) is 2.96. The molecule has 0 N–H and O–H groups in total. The highest BCUT2D eigenvalue weighted by atomic mass is 35.5. The molecule has 2 heteroatoms. The quantitative estimate of drug-likeness (QED) is 0.598. The van der Waals surface area contributed by atoms with Crippen LogP contribution in [0.3, 0.4) is 0 Å². The van der Waals surface area contributed by atoms with Crippen LogP contribution in [-0.4, -0.2) is 0 Å². The highest BCUT2D eigenvalue weighted by Gasteiger charge is 2.01. The molecule has 0 heterocycles. The predicted octanol–water partition coefficient (Wildman–Crippen LogP) is 3.95. The molecule has 0 aromatic heterocycles. The van der Waals surface area contributed by atoms with E-state index in [1.54, 1.807) is 6.07 Å². The van der Waals surface area contributed by atoms with Gasteiger partial charge in [-0.25, -0.2) is 0 Å². The second-order valence-electron chi connectivity index (χ2n) is 2.49. The first kappa shape index (κ1) is 7.90.